The number of nitrogens with one attached hydrogen (secondary N) is 1. The minimum Gasteiger partial charge on any atom is -0.316 e. The summed E-state index contributed by atoms with van der Waals surface area (Å²) in [4.78, 5) is 14.6. The van der Waals surface area contributed by atoms with Gasteiger partial charge in [0.15, 0.2) is 0 Å². The molecule has 2 aromatic heterocycles. The molecule has 0 radical (unpaired) electrons. The van der Waals surface area contributed by atoms with Crippen LogP contribution in [0, 0.1) is 12.8 Å². The summed E-state index contributed by atoms with van der Waals surface area (Å²) in [6.07, 6.45) is 3.96. The third kappa shape index (κ3) is 4.35. The Balaban J connectivity index is 0.00000169. The van der Waals surface area contributed by atoms with Crippen molar-refractivity contribution in [2.24, 2.45) is 5.92 Å². The highest BCUT2D eigenvalue weighted by atomic mass is 35.5. The molecule has 0 bridgehead atoms. The fraction of sp³-hybridized carbons (Fsp3) is 0.647. The van der Waals surface area contributed by atoms with E-state index in [1.165, 1.54) is 53.5 Å². The fourth-order valence-corrected chi connectivity index (χ4v) is 5.10. The molecule has 132 valence electrons. The van der Waals surface area contributed by atoms with Gasteiger partial charge in [0.1, 0.15) is 0 Å². The first kappa shape index (κ1) is 18.3. The summed E-state index contributed by atoms with van der Waals surface area (Å²) in [5.74, 6) is 1.52. The van der Waals surface area contributed by atoms with Crippen LogP contribution in [0.2, 0.25) is 0 Å². The van der Waals surface area contributed by atoms with E-state index in [9.17, 15) is 0 Å². The van der Waals surface area contributed by atoms with Gasteiger partial charge in [-0.15, -0.1) is 35.1 Å². The molecule has 4 nitrogen and oxygen atoms in total. The zero-order valence-electron chi connectivity index (χ0n) is 14.0. The lowest BCUT2D eigenvalue weighted by atomic mass is 10.1. The van der Waals surface area contributed by atoms with E-state index in [2.05, 4.69) is 27.1 Å². The quantitative estimate of drug-likeness (QED) is 0.787. The number of nitrogens with zero attached hydrogens (tertiary/aromatic N) is 3. The molecule has 0 amide bonds. The standard InChI is InChI=1S/C17H24N4S2.ClH/c1-12-15(22-10-19-12)8-21(7-13-4-5-18-6-13)9-16-17(14-2-3-14)20-11-23-16;/h10-11,13-14,18H,2-9H2,1H3;1H. The molecule has 7 heteroatoms. The van der Waals surface area contributed by atoms with E-state index >= 15 is 0 Å². The van der Waals surface area contributed by atoms with Crippen LogP contribution in [-0.2, 0) is 13.1 Å². The summed E-state index contributed by atoms with van der Waals surface area (Å²) < 4.78 is 0. The SMILES string of the molecule is Cc1ncsc1CN(Cc1scnc1C1CC1)CC1CCNC1.Cl. The number of aromatic nitrogens is 2. The Kier molecular flexibility index (Phi) is 6.27. The van der Waals surface area contributed by atoms with Crippen LogP contribution in [0.1, 0.15) is 46.3 Å². The van der Waals surface area contributed by atoms with E-state index in [0.29, 0.717) is 0 Å². The fourth-order valence-electron chi connectivity index (χ4n) is 3.39. The van der Waals surface area contributed by atoms with Gasteiger partial charge in [0.2, 0.25) is 0 Å². The van der Waals surface area contributed by atoms with Crippen molar-refractivity contribution in [3.05, 3.63) is 32.2 Å². The second-order valence-corrected chi connectivity index (χ2v) is 8.70. The van der Waals surface area contributed by atoms with Crippen molar-refractivity contribution in [3.63, 3.8) is 0 Å². The summed E-state index contributed by atoms with van der Waals surface area (Å²) in [5.41, 5.74) is 6.58. The van der Waals surface area contributed by atoms with Crippen LogP contribution >= 0.6 is 35.1 Å². The topological polar surface area (TPSA) is 41.1 Å². The zero-order chi connectivity index (χ0) is 15.6. The maximum Gasteiger partial charge on any atom is 0.0798 e. The summed E-state index contributed by atoms with van der Waals surface area (Å²) in [6, 6.07) is 0. The van der Waals surface area contributed by atoms with Crippen LogP contribution in [0.4, 0.5) is 0 Å². The molecule has 24 heavy (non-hydrogen) atoms. The van der Waals surface area contributed by atoms with Crippen molar-refractivity contribution in [2.45, 2.75) is 45.2 Å². The maximum absolute atomic E-state index is 4.65. The van der Waals surface area contributed by atoms with Crippen LogP contribution in [0.3, 0.4) is 0 Å². The first-order valence-electron chi connectivity index (χ1n) is 8.54. The summed E-state index contributed by atoms with van der Waals surface area (Å²) in [5, 5.41) is 3.50. The molecule has 1 saturated carbocycles. The third-order valence-electron chi connectivity index (χ3n) is 4.89. The average Bonchev–Trinajstić information content (AvgIpc) is 2.91. The number of hydrogen-bond donors (Lipinski definition) is 1. The Morgan fingerprint density at radius 2 is 1.88 bits per heavy atom. The number of rotatable bonds is 7. The third-order valence-corrected chi connectivity index (χ3v) is 6.65. The van der Waals surface area contributed by atoms with Gasteiger partial charge in [-0.25, -0.2) is 9.97 Å². The lowest BCUT2D eigenvalue weighted by molar-refractivity contribution is 0.223. The van der Waals surface area contributed by atoms with Crippen molar-refractivity contribution < 1.29 is 0 Å². The smallest absolute Gasteiger partial charge is 0.0798 e. The maximum atomic E-state index is 4.65. The van der Waals surface area contributed by atoms with Crippen LogP contribution < -0.4 is 5.32 Å². The zero-order valence-corrected chi connectivity index (χ0v) is 16.5. The molecule has 1 atom stereocenters. The molecule has 0 aromatic carbocycles. The van der Waals surface area contributed by atoms with E-state index in [-0.39, 0.29) is 12.4 Å². The molecular formula is C17H25ClN4S2. The normalized spacial score (nSPS) is 20.5. The van der Waals surface area contributed by atoms with Gasteiger partial charge >= 0.3 is 0 Å². The van der Waals surface area contributed by atoms with Crippen molar-refractivity contribution in [3.8, 4) is 0 Å². The van der Waals surface area contributed by atoms with Crippen molar-refractivity contribution in [1.82, 2.24) is 20.2 Å². The molecule has 1 aliphatic carbocycles. The van der Waals surface area contributed by atoms with E-state index in [1.54, 1.807) is 11.3 Å². The van der Waals surface area contributed by atoms with Crippen molar-refractivity contribution in [1.29, 1.82) is 0 Å². The number of hydrogen-bond acceptors (Lipinski definition) is 6. The molecule has 2 aromatic rings. The summed E-state index contributed by atoms with van der Waals surface area (Å²) >= 11 is 3.63. The van der Waals surface area contributed by atoms with Crippen molar-refractivity contribution >= 4 is 35.1 Å². The lowest BCUT2D eigenvalue weighted by Crippen LogP contribution is -2.30. The average molecular weight is 385 g/mol. The molecule has 1 unspecified atom stereocenters. The largest absolute Gasteiger partial charge is 0.316 e. The van der Waals surface area contributed by atoms with Gasteiger partial charge in [-0.05, 0) is 45.2 Å². The minimum atomic E-state index is 0. The molecule has 2 aliphatic rings. The predicted octanol–water partition coefficient (Wildman–Crippen LogP) is 3.82. The van der Waals surface area contributed by atoms with Gasteiger partial charge in [-0.3, -0.25) is 4.90 Å². The molecule has 1 saturated heterocycles. The van der Waals surface area contributed by atoms with Gasteiger partial charge in [-0.1, -0.05) is 0 Å². The van der Waals surface area contributed by atoms with Crippen LogP contribution in [0.15, 0.2) is 11.0 Å². The van der Waals surface area contributed by atoms with Gasteiger partial charge in [-0.2, -0.15) is 0 Å². The molecule has 1 aliphatic heterocycles. The monoisotopic (exact) mass is 384 g/mol. The highest BCUT2D eigenvalue weighted by Crippen LogP contribution is 2.42. The highest BCUT2D eigenvalue weighted by Gasteiger charge is 2.29. The second-order valence-electron chi connectivity index (χ2n) is 6.82. The number of thiazole rings is 2. The molecular weight excluding hydrogens is 360 g/mol. The molecule has 0 spiro atoms. The van der Waals surface area contributed by atoms with Crippen LogP contribution in [-0.4, -0.2) is 34.5 Å². The second kappa shape index (κ2) is 8.23. The lowest BCUT2D eigenvalue weighted by Gasteiger charge is -2.24. The molecule has 4 rings (SSSR count). The Labute approximate surface area is 158 Å². The number of aryl methyl sites for hydroxylation is 1. The van der Waals surface area contributed by atoms with E-state index in [4.69, 9.17) is 0 Å². The van der Waals surface area contributed by atoms with Gasteiger partial charge in [0.05, 0.1) is 22.4 Å². The first-order chi connectivity index (χ1) is 11.3. The Morgan fingerprint density at radius 3 is 2.54 bits per heavy atom. The first-order valence-corrected chi connectivity index (χ1v) is 10.3. The summed E-state index contributed by atoms with van der Waals surface area (Å²) in [7, 11) is 0. The molecule has 1 N–H and O–H groups in total. The Bertz CT molecular complexity index is 647. The van der Waals surface area contributed by atoms with Gasteiger partial charge in [0, 0.05) is 35.3 Å². The van der Waals surface area contributed by atoms with Gasteiger partial charge in [0.25, 0.3) is 0 Å². The highest BCUT2D eigenvalue weighted by molar-refractivity contribution is 7.10. The summed E-state index contributed by atoms with van der Waals surface area (Å²) in [6.45, 7) is 7.71. The van der Waals surface area contributed by atoms with E-state index in [1.807, 2.05) is 22.4 Å². The van der Waals surface area contributed by atoms with Gasteiger partial charge < -0.3 is 5.32 Å². The minimum absolute atomic E-state index is 0. The Hall–Kier alpha value is -0.530. The van der Waals surface area contributed by atoms with Crippen LogP contribution in [0.5, 0.6) is 0 Å². The number of halogens is 1. The predicted molar refractivity (Wildman–Crippen MR) is 103 cm³/mol. The molecule has 2 fully saturated rings. The Morgan fingerprint density at radius 1 is 1.12 bits per heavy atom. The van der Waals surface area contributed by atoms with E-state index < -0.39 is 0 Å². The van der Waals surface area contributed by atoms with Crippen LogP contribution in [0.25, 0.3) is 0 Å². The van der Waals surface area contributed by atoms with E-state index in [0.717, 1.165) is 31.5 Å². The van der Waals surface area contributed by atoms with Crippen molar-refractivity contribution in [2.75, 3.05) is 19.6 Å². The molecule has 3 heterocycles.